The first-order valence-electron chi connectivity index (χ1n) is 7.88. The minimum Gasteiger partial charge on any atom is -0.487 e. The number of ether oxygens (including phenoxy) is 1. The lowest BCUT2D eigenvalue weighted by Gasteiger charge is -2.37. The Hall–Kier alpha value is -0.970. The van der Waals surface area contributed by atoms with Crippen LogP contribution in [0, 0.1) is 5.92 Å². The van der Waals surface area contributed by atoms with E-state index in [1.807, 2.05) is 32.0 Å². The largest absolute Gasteiger partial charge is 0.487 e. The number of para-hydroxylation sites is 1. The Bertz CT molecular complexity index is 523. The molecule has 3 N–H and O–H groups in total. The van der Waals surface area contributed by atoms with Crippen LogP contribution in [-0.4, -0.2) is 24.1 Å². The maximum absolute atomic E-state index is 12.4. The number of benzene rings is 1. The number of hydrogen-bond donors (Lipinski definition) is 2. The fourth-order valence-electron chi connectivity index (χ4n) is 2.96. The monoisotopic (exact) mass is 360 g/mol. The topological polar surface area (TPSA) is 64.4 Å². The van der Waals surface area contributed by atoms with Crippen LogP contribution in [0.4, 0.5) is 0 Å². The molecule has 3 unspecified atom stereocenters. The average molecular weight is 361 g/mol. The molecule has 1 aromatic carbocycles. The van der Waals surface area contributed by atoms with Crippen LogP contribution in [0.1, 0.15) is 39.5 Å². The van der Waals surface area contributed by atoms with E-state index in [-0.39, 0.29) is 30.3 Å². The third-order valence-corrected chi connectivity index (χ3v) is 4.61. The molecule has 6 heteroatoms. The van der Waals surface area contributed by atoms with E-state index < -0.39 is 5.54 Å². The molecule has 1 fully saturated rings. The highest BCUT2D eigenvalue weighted by atomic mass is 35.5. The second-order valence-corrected chi connectivity index (χ2v) is 6.82. The number of nitrogens with one attached hydrogen (secondary N) is 1. The summed E-state index contributed by atoms with van der Waals surface area (Å²) in [4.78, 5) is 12.4. The van der Waals surface area contributed by atoms with Crippen molar-refractivity contribution in [3.63, 3.8) is 0 Å². The van der Waals surface area contributed by atoms with Crippen molar-refractivity contribution < 1.29 is 9.53 Å². The van der Waals surface area contributed by atoms with Gasteiger partial charge < -0.3 is 15.8 Å². The van der Waals surface area contributed by atoms with Crippen LogP contribution in [0.3, 0.4) is 0 Å². The van der Waals surface area contributed by atoms with Crippen LogP contribution in [0.15, 0.2) is 24.3 Å². The molecule has 130 valence electrons. The van der Waals surface area contributed by atoms with E-state index in [9.17, 15) is 4.79 Å². The lowest BCUT2D eigenvalue weighted by molar-refractivity contribution is -0.128. The van der Waals surface area contributed by atoms with Crippen molar-refractivity contribution in [3.05, 3.63) is 29.3 Å². The zero-order valence-electron chi connectivity index (χ0n) is 13.7. The first kappa shape index (κ1) is 20.1. The molecule has 0 saturated heterocycles. The number of carbonyl (C=O) groups is 1. The van der Waals surface area contributed by atoms with Gasteiger partial charge in [0.05, 0.1) is 17.5 Å². The van der Waals surface area contributed by atoms with Crippen LogP contribution < -0.4 is 15.8 Å². The predicted molar refractivity (Wildman–Crippen MR) is 96.4 cm³/mol. The van der Waals surface area contributed by atoms with Crippen molar-refractivity contribution in [1.29, 1.82) is 0 Å². The second-order valence-electron chi connectivity index (χ2n) is 6.41. The van der Waals surface area contributed by atoms with E-state index in [0.29, 0.717) is 17.3 Å². The summed E-state index contributed by atoms with van der Waals surface area (Å²) < 4.78 is 5.76. The van der Waals surface area contributed by atoms with Crippen LogP contribution in [0.25, 0.3) is 0 Å². The molecule has 3 atom stereocenters. The van der Waals surface area contributed by atoms with Gasteiger partial charge in [0.1, 0.15) is 11.9 Å². The van der Waals surface area contributed by atoms with E-state index in [1.54, 1.807) is 6.07 Å². The summed E-state index contributed by atoms with van der Waals surface area (Å²) in [5.74, 6) is 0.542. The molecule has 0 radical (unpaired) electrons. The Labute approximate surface area is 149 Å². The zero-order valence-corrected chi connectivity index (χ0v) is 15.3. The number of nitrogens with two attached hydrogens (primary N) is 1. The maximum atomic E-state index is 12.4. The number of amides is 1. The summed E-state index contributed by atoms with van der Waals surface area (Å²) in [6, 6.07) is 7.32. The van der Waals surface area contributed by atoms with Gasteiger partial charge in [-0.3, -0.25) is 4.79 Å². The molecule has 2 rings (SSSR count). The van der Waals surface area contributed by atoms with Crippen LogP contribution in [0.2, 0.25) is 5.02 Å². The molecule has 1 amide bonds. The summed E-state index contributed by atoms with van der Waals surface area (Å²) in [6.45, 7) is 4.32. The van der Waals surface area contributed by atoms with Gasteiger partial charge in [-0.1, -0.05) is 36.6 Å². The summed E-state index contributed by atoms with van der Waals surface area (Å²) in [7, 11) is 0. The second kappa shape index (κ2) is 8.76. The first-order valence-corrected chi connectivity index (χ1v) is 8.26. The van der Waals surface area contributed by atoms with Gasteiger partial charge in [-0.15, -0.1) is 12.4 Å². The molecule has 23 heavy (non-hydrogen) atoms. The fraction of sp³-hybridized carbons (Fsp3) is 0.588. The van der Waals surface area contributed by atoms with Crippen molar-refractivity contribution >= 4 is 29.9 Å². The quantitative estimate of drug-likeness (QED) is 0.843. The Morgan fingerprint density at radius 3 is 2.83 bits per heavy atom. The molecule has 0 aliphatic heterocycles. The van der Waals surface area contributed by atoms with Gasteiger partial charge in [-0.05, 0) is 38.8 Å². The summed E-state index contributed by atoms with van der Waals surface area (Å²) in [6.07, 6.45) is 3.77. The third-order valence-electron chi connectivity index (χ3n) is 4.30. The van der Waals surface area contributed by atoms with Crippen molar-refractivity contribution in [1.82, 2.24) is 5.32 Å². The highest BCUT2D eigenvalue weighted by Crippen LogP contribution is 2.31. The van der Waals surface area contributed by atoms with Gasteiger partial charge in [-0.2, -0.15) is 0 Å². The summed E-state index contributed by atoms with van der Waals surface area (Å²) in [5.41, 5.74) is 5.86. The van der Waals surface area contributed by atoms with Crippen molar-refractivity contribution in [2.45, 2.75) is 51.2 Å². The van der Waals surface area contributed by atoms with E-state index in [0.717, 1.165) is 25.7 Å². The molecule has 4 nitrogen and oxygen atoms in total. The molecule has 1 aliphatic rings. The highest BCUT2D eigenvalue weighted by Gasteiger charge is 2.37. The van der Waals surface area contributed by atoms with Crippen LogP contribution in [0.5, 0.6) is 5.75 Å². The smallest absolute Gasteiger partial charge is 0.225 e. The fourth-order valence-corrected chi connectivity index (χ4v) is 3.14. The Morgan fingerprint density at radius 1 is 1.48 bits per heavy atom. The molecule has 0 bridgehead atoms. The van der Waals surface area contributed by atoms with Gasteiger partial charge >= 0.3 is 0 Å². The van der Waals surface area contributed by atoms with Gasteiger partial charge in [-0.25, -0.2) is 0 Å². The minimum atomic E-state index is -0.408. The maximum Gasteiger partial charge on any atom is 0.225 e. The number of hydrogen-bond acceptors (Lipinski definition) is 3. The Balaban J connectivity index is 0.00000264. The molecule has 1 aromatic rings. The normalized spacial score (nSPS) is 25.1. The molecular formula is C17H26Cl2N2O2. The van der Waals surface area contributed by atoms with E-state index in [1.165, 1.54) is 0 Å². The minimum absolute atomic E-state index is 0. The third kappa shape index (κ3) is 5.55. The van der Waals surface area contributed by atoms with Gasteiger partial charge in [0, 0.05) is 5.54 Å². The average Bonchev–Trinajstić information content (AvgIpc) is 2.47. The highest BCUT2D eigenvalue weighted by molar-refractivity contribution is 6.32. The van der Waals surface area contributed by atoms with Crippen molar-refractivity contribution in [2.24, 2.45) is 11.7 Å². The number of carbonyl (C=O) groups excluding carboxylic acids is 1. The molecular weight excluding hydrogens is 335 g/mol. The molecule has 0 aromatic heterocycles. The number of halogens is 2. The lowest BCUT2D eigenvalue weighted by Crippen LogP contribution is -2.53. The van der Waals surface area contributed by atoms with Gasteiger partial charge in [0.25, 0.3) is 0 Å². The molecule has 0 heterocycles. The Kier molecular flexibility index (Phi) is 7.65. The van der Waals surface area contributed by atoms with Gasteiger partial charge in [0.2, 0.25) is 5.91 Å². The summed E-state index contributed by atoms with van der Waals surface area (Å²) >= 11 is 6.06. The van der Waals surface area contributed by atoms with Crippen LogP contribution in [-0.2, 0) is 4.79 Å². The van der Waals surface area contributed by atoms with Gasteiger partial charge in [0.15, 0.2) is 0 Å². The molecule has 0 spiro atoms. The standard InChI is InChI=1S/C17H25ClN2O2.ClH/c1-12(22-15-9-4-3-8-14(15)18)11-20-16(21)13-7-5-6-10-17(13,2)19;/h3-4,8-9,12-13H,5-7,10-11,19H2,1-2H3,(H,20,21);1H. The molecule has 1 saturated carbocycles. The van der Waals surface area contributed by atoms with Crippen LogP contribution >= 0.6 is 24.0 Å². The predicted octanol–water partition coefficient (Wildman–Crippen LogP) is 3.55. The Morgan fingerprint density at radius 2 is 2.17 bits per heavy atom. The summed E-state index contributed by atoms with van der Waals surface area (Å²) in [5, 5.41) is 3.53. The van der Waals surface area contributed by atoms with Crippen molar-refractivity contribution in [2.75, 3.05) is 6.54 Å². The zero-order chi connectivity index (χ0) is 16.2. The first-order chi connectivity index (χ1) is 10.4. The van der Waals surface area contributed by atoms with E-state index in [2.05, 4.69) is 5.32 Å². The lowest BCUT2D eigenvalue weighted by atomic mass is 9.74. The molecule has 1 aliphatic carbocycles. The van der Waals surface area contributed by atoms with E-state index >= 15 is 0 Å². The SMILES string of the molecule is CC(CNC(=O)C1CCCCC1(C)N)Oc1ccccc1Cl.Cl. The van der Waals surface area contributed by atoms with Crippen molar-refractivity contribution in [3.8, 4) is 5.75 Å². The number of rotatable bonds is 5. The van der Waals surface area contributed by atoms with E-state index in [4.69, 9.17) is 22.1 Å².